The summed E-state index contributed by atoms with van der Waals surface area (Å²) in [4.78, 5) is 27.8. The maximum Gasteiger partial charge on any atom is 0.247 e. The Hall–Kier alpha value is -0.940. The van der Waals surface area contributed by atoms with Crippen LogP contribution in [0.2, 0.25) is 0 Å². The van der Waals surface area contributed by atoms with Gasteiger partial charge in [0.25, 0.3) is 0 Å². The van der Waals surface area contributed by atoms with Gasteiger partial charge < -0.3 is 10.2 Å². The maximum atomic E-state index is 12.3. The highest BCUT2D eigenvalue weighted by atomic mass is 16.2. The molecule has 2 rings (SSSR count). The molecule has 5 heteroatoms. The van der Waals surface area contributed by atoms with E-state index >= 15 is 0 Å². The van der Waals surface area contributed by atoms with Crippen LogP contribution in [-0.2, 0) is 9.59 Å². The molecule has 1 aliphatic carbocycles. The number of carbonyl (C=O) groups is 2. The minimum absolute atomic E-state index is 0.0453. The van der Waals surface area contributed by atoms with Gasteiger partial charge in [-0.2, -0.15) is 0 Å². The Kier molecular flexibility index (Phi) is 4.49. The number of nitrogens with zero attached hydrogens (tertiary/aromatic N) is 2. The molecule has 0 radical (unpaired) electrons. The number of amides is 2. The van der Waals surface area contributed by atoms with E-state index in [1.165, 1.54) is 17.7 Å². The number of likely N-dealkylation sites (N-methyl/N-ethyl adjacent to an activating group) is 1. The molecule has 2 amide bonds. The van der Waals surface area contributed by atoms with Gasteiger partial charge in [0.15, 0.2) is 0 Å². The maximum absolute atomic E-state index is 12.3. The fourth-order valence-electron chi connectivity index (χ4n) is 3.48. The Balaban J connectivity index is 1.98. The molecule has 1 aliphatic heterocycles. The summed E-state index contributed by atoms with van der Waals surface area (Å²) < 4.78 is 0. The lowest BCUT2D eigenvalue weighted by atomic mass is 9.95. The fourth-order valence-corrected chi connectivity index (χ4v) is 3.48. The molecule has 1 saturated carbocycles. The second kappa shape index (κ2) is 5.82. The molecule has 1 heterocycles. The van der Waals surface area contributed by atoms with Crippen LogP contribution in [0.25, 0.3) is 0 Å². The zero-order valence-electron chi connectivity index (χ0n) is 13.1. The molecule has 20 heavy (non-hydrogen) atoms. The van der Waals surface area contributed by atoms with Crippen molar-refractivity contribution in [1.82, 2.24) is 15.1 Å². The Labute approximate surface area is 121 Å². The van der Waals surface area contributed by atoms with Crippen LogP contribution in [0.4, 0.5) is 0 Å². The summed E-state index contributed by atoms with van der Waals surface area (Å²) in [6, 6.07) is -0.376. The molecular formula is C15H27N3O2. The van der Waals surface area contributed by atoms with E-state index in [4.69, 9.17) is 0 Å². The van der Waals surface area contributed by atoms with Crippen LogP contribution in [0.15, 0.2) is 0 Å². The summed E-state index contributed by atoms with van der Waals surface area (Å²) in [7, 11) is 4.21. The number of imide groups is 1. The predicted octanol–water partition coefficient (Wildman–Crippen LogP) is 0.986. The van der Waals surface area contributed by atoms with Crippen molar-refractivity contribution in [2.75, 3.05) is 20.6 Å². The molecule has 0 aromatic carbocycles. The van der Waals surface area contributed by atoms with Crippen LogP contribution in [0.1, 0.15) is 46.0 Å². The Morgan fingerprint density at radius 3 is 2.35 bits per heavy atom. The lowest BCUT2D eigenvalue weighted by Gasteiger charge is -2.37. The van der Waals surface area contributed by atoms with Crippen molar-refractivity contribution < 1.29 is 9.59 Å². The number of hydrogen-bond donors (Lipinski definition) is 1. The van der Waals surface area contributed by atoms with E-state index in [0.29, 0.717) is 6.42 Å². The molecule has 1 atom stereocenters. The number of hydrogen-bond acceptors (Lipinski definition) is 4. The van der Waals surface area contributed by atoms with Gasteiger partial charge in [0.05, 0.1) is 12.5 Å². The van der Waals surface area contributed by atoms with Crippen LogP contribution in [0.5, 0.6) is 0 Å². The highest BCUT2D eigenvalue weighted by molar-refractivity contribution is 6.05. The number of likely N-dealkylation sites (tertiary alicyclic amines) is 1. The van der Waals surface area contributed by atoms with Crippen LogP contribution in [0.3, 0.4) is 0 Å². The summed E-state index contributed by atoms with van der Waals surface area (Å²) in [6.07, 6.45) is 5.12. The zero-order chi connectivity index (χ0) is 14.9. The molecule has 1 saturated heterocycles. The first-order chi connectivity index (χ1) is 9.37. The van der Waals surface area contributed by atoms with Gasteiger partial charge in [-0.25, -0.2) is 0 Å². The molecule has 5 nitrogen and oxygen atoms in total. The third kappa shape index (κ3) is 2.74. The SMILES string of the molecule is CC(C)N1C(=O)CC(NCC2(N(C)C)CCCC2)C1=O. The zero-order valence-corrected chi connectivity index (χ0v) is 13.1. The first-order valence-electron chi connectivity index (χ1n) is 7.64. The number of carbonyl (C=O) groups excluding carboxylic acids is 2. The van der Waals surface area contributed by atoms with Crippen molar-refractivity contribution in [1.29, 1.82) is 0 Å². The van der Waals surface area contributed by atoms with Crippen molar-refractivity contribution in [2.45, 2.75) is 63.6 Å². The molecule has 1 N–H and O–H groups in total. The second-order valence-electron chi connectivity index (χ2n) is 6.66. The average molecular weight is 281 g/mol. The lowest BCUT2D eigenvalue weighted by Crippen LogP contribution is -2.53. The molecule has 0 spiro atoms. The molecule has 0 bridgehead atoms. The standard InChI is InChI=1S/C15H27N3O2/c1-11(2)18-13(19)9-12(14(18)20)16-10-15(17(3)4)7-5-6-8-15/h11-12,16H,5-10H2,1-4H3. The Morgan fingerprint density at radius 1 is 1.30 bits per heavy atom. The van der Waals surface area contributed by atoms with E-state index in [2.05, 4.69) is 24.3 Å². The van der Waals surface area contributed by atoms with Gasteiger partial charge in [0.2, 0.25) is 11.8 Å². The second-order valence-corrected chi connectivity index (χ2v) is 6.66. The van der Waals surface area contributed by atoms with Gasteiger partial charge in [-0.15, -0.1) is 0 Å². The first-order valence-corrected chi connectivity index (χ1v) is 7.64. The van der Waals surface area contributed by atoms with Crippen molar-refractivity contribution in [2.24, 2.45) is 0 Å². The quantitative estimate of drug-likeness (QED) is 0.764. The number of rotatable bonds is 5. The monoisotopic (exact) mass is 281 g/mol. The summed E-state index contributed by atoms with van der Waals surface area (Å²) in [6.45, 7) is 4.56. The Morgan fingerprint density at radius 2 is 1.90 bits per heavy atom. The van der Waals surface area contributed by atoms with Crippen molar-refractivity contribution in [3.63, 3.8) is 0 Å². The van der Waals surface area contributed by atoms with E-state index in [1.54, 1.807) is 0 Å². The molecule has 2 fully saturated rings. The van der Waals surface area contributed by atoms with E-state index in [0.717, 1.165) is 19.4 Å². The van der Waals surface area contributed by atoms with Crippen LogP contribution in [-0.4, -0.2) is 59.9 Å². The minimum Gasteiger partial charge on any atom is -0.304 e. The largest absolute Gasteiger partial charge is 0.304 e. The molecule has 114 valence electrons. The van der Waals surface area contributed by atoms with Gasteiger partial charge in [-0.1, -0.05) is 12.8 Å². The molecular weight excluding hydrogens is 254 g/mol. The van der Waals surface area contributed by atoms with Gasteiger partial charge in [0, 0.05) is 18.1 Å². The van der Waals surface area contributed by atoms with E-state index in [1.807, 2.05) is 13.8 Å². The van der Waals surface area contributed by atoms with Gasteiger partial charge in [-0.3, -0.25) is 14.5 Å². The molecule has 1 unspecified atom stereocenters. The molecule has 2 aliphatic rings. The third-order valence-corrected chi connectivity index (χ3v) is 4.86. The topological polar surface area (TPSA) is 52.7 Å². The van der Waals surface area contributed by atoms with Crippen molar-refractivity contribution in [3.8, 4) is 0 Å². The summed E-state index contributed by atoms with van der Waals surface area (Å²) in [5.74, 6) is -0.107. The normalized spacial score (nSPS) is 26.3. The summed E-state index contributed by atoms with van der Waals surface area (Å²) in [5, 5.41) is 3.36. The fraction of sp³-hybridized carbons (Fsp3) is 0.867. The first kappa shape index (κ1) is 15.4. The highest BCUT2D eigenvalue weighted by Gasteiger charge is 2.42. The van der Waals surface area contributed by atoms with Gasteiger partial charge >= 0.3 is 0 Å². The minimum atomic E-state index is -0.331. The summed E-state index contributed by atoms with van der Waals surface area (Å²) in [5.41, 5.74) is 0.147. The molecule has 0 aromatic rings. The van der Waals surface area contributed by atoms with Crippen LogP contribution >= 0.6 is 0 Å². The highest BCUT2D eigenvalue weighted by Crippen LogP contribution is 2.33. The molecule has 0 aromatic heterocycles. The smallest absolute Gasteiger partial charge is 0.247 e. The number of nitrogens with one attached hydrogen (secondary N) is 1. The van der Waals surface area contributed by atoms with Crippen LogP contribution in [0, 0.1) is 0 Å². The van der Waals surface area contributed by atoms with Gasteiger partial charge in [-0.05, 0) is 40.8 Å². The lowest BCUT2D eigenvalue weighted by molar-refractivity contribution is -0.140. The Bertz CT molecular complexity index is 387. The van der Waals surface area contributed by atoms with Crippen molar-refractivity contribution in [3.05, 3.63) is 0 Å². The third-order valence-electron chi connectivity index (χ3n) is 4.86. The van der Waals surface area contributed by atoms with Gasteiger partial charge in [0.1, 0.15) is 0 Å². The van der Waals surface area contributed by atoms with E-state index in [-0.39, 0.29) is 29.4 Å². The van der Waals surface area contributed by atoms with Crippen molar-refractivity contribution >= 4 is 11.8 Å². The predicted molar refractivity (Wildman–Crippen MR) is 78.3 cm³/mol. The summed E-state index contributed by atoms with van der Waals surface area (Å²) >= 11 is 0. The van der Waals surface area contributed by atoms with Crippen LogP contribution < -0.4 is 5.32 Å². The average Bonchev–Trinajstić information content (AvgIpc) is 2.93. The van der Waals surface area contributed by atoms with E-state index in [9.17, 15) is 9.59 Å². The van der Waals surface area contributed by atoms with E-state index < -0.39 is 0 Å².